The highest BCUT2D eigenvalue weighted by Crippen LogP contribution is 2.47. The Morgan fingerprint density at radius 3 is 2.42 bits per heavy atom. The van der Waals surface area contributed by atoms with Gasteiger partial charge in [0, 0.05) is 12.7 Å². The molecular formula is C19H17F4NO2. The van der Waals surface area contributed by atoms with E-state index in [1.54, 1.807) is 13.0 Å². The van der Waals surface area contributed by atoms with Crippen molar-refractivity contribution in [2.24, 2.45) is 0 Å². The molecule has 1 N–H and O–H groups in total. The van der Waals surface area contributed by atoms with Crippen LogP contribution in [0.3, 0.4) is 0 Å². The predicted octanol–water partition coefficient (Wildman–Crippen LogP) is 4.61. The molecule has 0 aromatic heterocycles. The van der Waals surface area contributed by atoms with Gasteiger partial charge in [0.15, 0.2) is 0 Å². The molecule has 2 aromatic carbocycles. The summed E-state index contributed by atoms with van der Waals surface area (Å²) in [7, 11) is 1.47. The highest BCUT2D eigenvalue weighted by molar-refractivity contribution is 5.67. The van der Waals surface area contributed by atoms with Crippen LogP contribution in [0.4, 0.5) is 17.6 Å². The van der Waals surface area contributed by atoms with Crippen molar-refractivity contribution in [3.63, 3.8) is 0 Å². The minimum Gasteiger partial charge on any atom is -0.380 e. The van der Waals surface area contributed by atoms with Gasteiger partial charge in [0.25, 0.3) is 0 Å². The van der Waals surface area contributed by atoms with Crippen LogP contribution in [-0.2, 0) is 21.8 Å². The van der Waals surface area contributed by atoms with Crippen LogP contribution in [0.1, 0.15) is 22.3 Å². The van der Waals surface area contributed by atoms with Crippen LogP contribution in [-0.4, -0.2) is 13.3 Å². The van der Waals surface area contributed by atoms with E-state index in [-0.39, 0.29) is 17.9 Å². The summed E-state index contributed by atoms with van der Waals surface area (Å²) in [6, 6.07) is 9.72. The van der Waals surface area contributed by atoms with E-state index in [1.807, 2.05) is 0 Å². The van der Waals surface area contributed by atoms with Gasteiger partial charge in [0.2, 0.25) is 5.60 Å². The Bertz CT molecular complexity index is 830. The number of rotatable bonds is 4. The lowest BCUT2D eigenvalue weighted by atomic mass is 9.89. The van der Waals surface area contributed by atoms with Crippen molar-refractivity contribution < 1.29 is 27.1 Å². The summed E-state index contributed by atoms with van der Waals surface area (Å²) in [5.41, 5.74) is 1.43. The van der Waals surface area contributed by atoms with Crippen molar-refractivity contribution in [1.29, 1.82) is 0 Å². The summed E-state index contributed by atoms with van der Waals surface area (Å²) in [5.74, 6) is -0.474. The van der Waals surface area contributed by atoms with Crippen LogP contribution < -0.4 is 5.48 Å². The molecule has 1 unspecified atom stereocenters. The van der Waals surface area contributed by atoms with E-state index in [9.17, 15) is 17.6 Å². The molecule has 0 aliphatic carbocycles. The second-order valence-electron chi connectivity index (χ2n) is 6.14. The topological polar surface area (TPSA) is 30.5 Å². The summed E-state index contributed by atoms with van der Waals surface area (Å²) in [6.07, 6.45) is -3.73. The fourth-order valence-corrected chi connectivity index (χ4v) is 2.94. The number of hydrogen-bond acceptors (Lipinski definition) is 3. The minimum atomic E-state index is -4.71. The van der Waals surface area contributed by atoms with Gasteiger partial charge in [0.1, 0.15) is 5.82 Å². The lowest BCUT2D eigenvalue weighted by Gasteiger charge is -2.29. The van der Waals surface area contributed by atoms with Gasteiger partial charge in [-0.15, -0.1) is 0 Å². The summed E-state index contributed by atoms with van der Waals surface area (Å²) >= 11 is 0. The van der Waals surface area contributed by atoms with E-state index in [1.165, 1.54) is 43.5 Å². The molecule has 1 aliphatic rings. The zero-order valence-corrected chi connectivity index (χ0v) is 14.2. The average Bonchev–Trinajstić information content (AvgIpc) is 3.02. The van der Waals surface area contributed by atoms with Gasteiger partial charge in [-0.3, -0.25) is 10.3 Å². The molecule has 0 saturated heterocycles. The molecular weight excluding hydrogens is 350 g/mol. The fraction of sp³-hybridized carbons (Fsp3) is 0.263. The third kappa shape index (κ3) is 3.32. The quantitative estimate of drug-likeness (QED) is 0.801. The first-order chi connectivity index (χ1) is 12.2. The third-order valence-corrected chi connectivity index (χ3v) is 4.12. The van der Waals surface area contributed by atoms with Crippen molar-refractivity contribution >= 4 is 5.70 Å². The van der Waals surface area contributed by atoms with E-state index < -0.39 is 17.6 Å². The number of aryl methyl sites for hydroxylation is 1. The van der Waals surface area contributed by atoms with Gasteiger partial charge >= 0.3 is 6.18 Å². The molecule has 0 fully saturated rings. The first-order valence-electron chi connectivity index (χ1n) is 7.85. The Kier molecular flexibility index (Phi) is 4.77. The molecule has 0 spiro atoms. The monoisotopic (exact) mass is 367 g/mol. The molecule has 0 amide bonds. The molecule has 2 aromatic rings. The van der Waals surface area contributed by atoms with Crippen LogP contribution >= 0.6 is 0 Å². The normalized spacial score (nSPS) is 20.0. The first kappa shape index (κ1) is 18.4. The molecule has 0 radical (unpaired) electrons. The average molecular weight is 367 g/mol. The number of methoxy groups -OCH3 is 1. The number of nitrogens with one attached hydrogen (secondary N) is 1. The zero-order chi connectivity index (χ0) is 18.9. The Labute approximate surface area is 148 Å². The molecule has 7 heteroatoms. The van der Waals surface area contributed by atoms with Crippen LogP contribution in [0.5, 0.6) is 0 Å². The second-order valence-corrected chi connectivity index (χ2v) is 6.14. The Balaban J connectivity index is 2.11. The van der Waals surface area contributed by atoms with Crippen molar-refractivity contribution in [3.8, 4) is 0 Å². The number of benzene rings is 2. The van der Waals surface area contributed by atoms with Gasteiger partial charge < -0.3 is 4.74 Å². The highest BCUT2D eigenvalue weighted by atomic mass is 19.4. The molecule has 0 bridgehead atoms. The maximum Gasteiger partial charge on any atom is 0.428 e. The summed E-state index contributed by atoms with van der Waals surface area (Å²) in [6.45, 7) is 1.89. The zero-order valence-electron chi connectivity index (χ0n) is 14.2. The molecule has 26 heavy (non-hydrogen) atoms. The molecule has 3 rings (SSSR count). The number of ether oxygens (including phenoxy) is 1. The SMILES string of the molecule is COCc1cc(C)cc(C2(C(F)(F)F)C=C(c3ccc(F)cc3)NO2)c1. The highest BCUT2D eigenvalue weighted by Gasteiger charge is 2.59. The van der Waals surface area contributed by atoms with Crippen LogP contribution in [0.25, 0.3) is 5.70 Å². The van der Waals surface area contributed by atoms with E-state index >= 15 is 0 Å². The Hall–Kier alpha value is -2.38. The van der Waals surface area contributed by atoms with E-state index in [4.69, 9.17) is 9.57 Å². The molecule has 1 atom stereocenters. The maximum absolute atomic E-state index is 14.0. The van der Waals surface area contributed by atoms with Crippen molar-refractivity contribution in [2.75, 3.05) is 7.11 Å². The largest absolute Gasteiger partial charge is 0.428 e. The predicted molar refractivity (Wildman–Crippen MR) is 88.2 cm³/mol. The van der Waals surface area contributed by atoms with Crippen LogP contribution in [0.2, 0.25) is 0 Å². The molecule has 138 valence electrons. The minimum absolute atomic E-state index is 0.0540. The van der Waals surface area contributed by atoms with Crippen molar-refractivity contribution in [1.82, 2.24) is 5.48 Å². The van der Waals surface area contributed by atoms with E-state index in [0.717, 1.165) is 6.08 Å². The third-order valence-electron chi connectivity index (χ3n) is 4.12. The standard InChI is InChI=1S/C19H17F4NO2/c1-12-7-13(11-25-2)9-15(8-12)18(19(21,22)23)10-17(24-26-18)14-3-5-16(20)6-4-14/h3-10,24H,11H2,1-2H3. The number of halogens is 4. The Morgan fingerprint density at radius 1 is 1.12 bits per heavy atom. The number of hydrogen-bond donors (Lipinski definition) is 1. The summed E-state index contributed by atoms with van der Waals surface area (Å²) in [4.78, 5) is 5.07. The number of hydroxylamine groups is 1. The van der Waals surface area contributed by atoms with Gasteiger partial charge in [-0.05, 0) is 54.5 Å². The fourth-order valence-electron chi connectivity index (χ4n) is 2.94. The molecule has 3 nitrogen and oxygen atoms in total. The summed E-state index contributed by atoms with van der Waals surface area (Å²) in [5, 5.41) is 0. The van der Waals surface area contributed by atoms with Gasteiger partial charge in [0.05, 0.1) is 12.3 Å². The summed E-state index contributed by atoms with van der Waals surface area (Å²) < 4.78 is 60.1. The lowest BCUT2D eigenvalue weighted by Crippen LogP contribution is -2.42. The van der Waals surface area contributed by atoms with E-state index in [0.29, 0.717) is 16.7 Å². The van der Waals surface area contributed by atoms with Crippen LogP contribution in [0.15, 0.2) is 48.5 Å². The van der Waals surface area contributed by atoms with Crippen molar-refractivity contribution in [3.05, 3.63) is 76.6 Å². The second kappa shape index (κ2) is 6.74. The van der Waals surface area contributed by atoms with E-state index in [2.05, 4.69) is 5.48 Å². The number of alkyl halides is 3. The van der Waals surface area contributed by atoms with Gasteiger partial charge in [-0.2, -0.15) is 13.2 Å². The maximum atomic E-state index is 14.0. The molecule has 0 saturated carbocycles. The molecule has 1 heterocycles. The van der Waals surface area contributed by atoms with Crippen LogP contribution in [0, 0.1) is 12.7 Å². The Morgan fingerprint density at radius 2 is 1.81 bits per heavy atom. The first-order valence-corrected chi connectivity index (χ1v) is 7.85. The van der Waals surface area contributed by atoms with Gasteiger partial charge in [-0.1, -0.05) is 17.7 Å². The van der Waals surface area contributed by atoms with Crippen molar-refractivity contribution in [2.45, 2.75) is 25.3 Å². The molecule has 1 aliphatic heterocycles. The smallest absolute Gasteiger partial charge is 0.380 e. The van der Waals surface area contributed by atoms with Gasteiger partial charge in [-0.25, -0.2) is 4.39 Å². The lowest BCUT2D eigenvalue weighted by molar-refractivity contribution is -0.269.